The first-order valence-corrected chi connectivity index (χ1v) is 7.79. The predicted molar refractivity (Wildman–Crippen MR) is 91.1 cm³/mol. The Labute approximate surface area is 147 Å². The van der Waals surface area contributed by atoms with Crippen molar-refractivity contribution in [2.24, 2.45) is 0 Å². The van der Waals surface area contributed by atoms with Gasteiger partial charge in [0, 0.05) is 6.42 Å². The van der Waals surface area contributed by atoms with Crippen LogP contribution in [0, 0.1) is 0 Å². The first-order valence-electron chi connectivity index (χ1n) is 7.79. The maximum atomic E-state index is 11.9. The van der Waals surface area contributed by atoms with Gasteiger partial charge >= 0.3 is 12.1 Å². The molecule has 0 radical (unpaired) electrons. The molecule has 0 aliphatic rings. The van der Waals surface area contributed by atoms with Gasteiger partial charge < -0.3 is 19.5 Å². The van der Waals surface area contributed by atoms with Crippen LogP contribution in [0.4, 0.5) is 9.18 Å². The molecule has 7 heteroatoms. The average molecular weight is 353 g/mol. The molecule has 0 aliphatic heterocycles. The lowest BCUT2D eigenvalue weighted by atomic mass is 10.1. The molecule has 0 bridgehead atoms. The van der Waals surface area contributed by atoms with E-state index in [1.807, 2.05) is 0 Å². The highest BCUT2D eigenvalue weighted by molar-refractivity contribution is 5.81. The normalized spacial score (nSPS) is 12.5. The Morgan fingerprint density at radius 3 is 2.40 bits per heavy atom. The number of ether oxygens (including phenoxy) is 3. The van der Waals surface area contributed by atoms with Crippen LogP contribution in [0.1, 0.15) is 26.3 Å². The highest BCUT2D eigenvalue weighted by atomic mass is 19.1. The second kappa shape index (κ2) is 9.66. The number of hydrogen-bond donors (Lipinski definition) is 1. The zero-order valence-corrected chi connectivity index (χ0v) is 14.9. The highest BCUT2D eigenvalue weighted by Gasteiger charge is 2.25. The maximum Gasteiger partial charge on any atom is 0.408 e. The van der Waals surface area contributed by atoms with Crippen molar-refractivity contribution < 1.29 is 28.2 Å². The summed E-state index contributed by atoms with van der Waals surface area (Å²) < 4.78 is 27.0. The number of alkyl carbamates (subject to hydrolysis) is 1. The Balaban J connectivity index is 2.71. The SMILES string of the molecule is COC(=O)C(Cc1ccc(OC/C=C/F)cc1)NC(=O)OC(C)(C)C. The van der Waals surface area contributed by atoms with Gasteiger partial charge in [0.15, 0.2) is 0 Å². The van der Waals surface area contributed by atoms with Crippen molar-refractivity contribution in [1.29, 1.82) is 0 Å². The van der Waals surface area contributed by atoms with Crippen LogP contribution in [0.25, 0.3) is 0 Å². The maximum absolute atomic E-state index is 11.9. The Morgan fingerprint density at radius 1 is 1.24 bits per heavy atom. The third-order valence-electron chi connectivity index (χ3n) is 2.98. The van der Waals surface area contributed by atoms with Gasteiger partial charge in [0.25, 0.3) is 0 Å². The number of hydrogen-bond acceptors (Lipinski definition) is 5. The zero-order chi connectivity index (χ0) is 18.9. The number of benzene rings is 1. The smallest absolute Gasteiger partial charge is 0.408 e. The lowest BCUT2D eigenvalue weighted by Crippen LogP contribution is -2.45. The van der Waals surface area contributed by atoms with E-state index in [2.05, 4.69) is 5.32 Å². The van der Waals surface area contributed by atoms with Gasteiger partial charge in [-0.2, -0.15) is 0 Å². The minimum absolute atomic E-state index is 0.126. The Hall–Kier alpha value is -2.57. The first-order chi connectivity index (χ1) is 11.7. The second-order valence-electron chi connectivity index (χ2n) is 6.24. The molecule has 6 nitrogen and oxygen atoms in total. The summed E-state index contributed by atoms with van der Waals surface area (Å²) in [6, 6.07) is 6.02. The molecular weight excluding hydrogens is 329 g/mol. The summed E-state index contributed by atoms with van der Waals surface area (Å²) in [5, 5.41) is 2.51. The van der Waals surface area contributed by atoms with E-state index in [0.29, 0.717) is 12.1 Å². The topological polar surface area (TPSA) is 73.9 Å². The number of esters is 1. The number of rotatable bonds is 7. The molecule has 0 heterocycles. The third kappa shape index (κ3) is 8.19. The van der Waals surface area contributed by atoms with Crippen LogP contribution < -0.4 is 10.1 Å². The van der Waals surface area contributed by atoms with E-state index in [9.17, 15) is 14.0 Å². The molecule has 0 fully saturated rings. The highest BCUT2D eigenvalue weighted by Crippen LogP contribution is 2.14. The number of carbonyl (C=O) groups is 2. The zero-order valence-electron chi connectivity index (χ0n) is 14.9. The first kappa shape index (κ1) is 20.5. The molecule has 1 rings (SSSR count). The van der Waals surface area contributed by atoms with Crippen LogP contribution >= 0.6 is 0 Å². The summed E-state index contributed by atoms with van der Waals surface area (Å²) in [6.45, 7) is 5.32. The van der Waals surface area contributed by atoms with Crippen LogP contribution in [-0.2, 0) is 20.7 Å². The molecule has 1 aromatic rings. The Kier molecular flexibility index (Phi) is 7.91. The van der Waals surface area contributed by atoms with Crippen LogP contribution in [0.2, 0.25) is 0 Å². The molecule has 0 aliphatic carbocycles. The van der Waals surface area contributed by atoms with E-state index in [4.69, 9.17) is 14.2 Å². The monoisotopic (exact) mass is 353 g/mol. The van der Waals surface area contributed by atoms with Gasteiger partial charge in [-0.15, -0.1) is 0 Å². The fraction of sp³-hybridized carbons (Fsp3) is 0.444. The van der Waals surface area contributed by atoms with Crippen molar-refractivity contribution in [3.05, 3.63) is 42.2 Å². The number of nitrogens with one attached hydrogen (secondary N) is 1. The molecule has 1 N–H and O–H groups in total. The van der Waals surface area contributed by atoms with Crippen molar-refractivity contribution >= 4 is 12.1 Å². The average Bonchev–Trinajstić information content (AvgIpc) is 2.53. The largest absolute Gasteiger partial charge is 0.489 e. The summed E-state index contributed by atoms with van der Waals surface area (Å²) >= 11 is 0. The van der Waals surface area contributed by atoms with E-state index in [1.165, 1.54) is 13.2 Å². The molecular formula is C18H24FNO5. The lowest BCUT2D eigenvalue weighted by molar-refractivity contribution is -0.143. The van der Waals surface area contributed by atoms with Crippen LogP contribution in [0.3, 0.4) is 0 Å². The van der Waals surface area contributed by atoms with Gasteiger partial charge in [-0.3, -0.25) is 0 Å². The molecule has 0 saturated carbocycles. The van der Waals surface area contributed by atoms with Gasteiger partial charge in [0.1, 0.15) is 24.0 Å². The molecule has 1 atom stereocenters. The van der Waals surface area contributed by atoms with E-state index in [1.54, 1.807) is 45.0 Å². The second-order valence-corrected chi connectivity index (χ2v) is 6.24. The van der Waals surface area contributed by atoms with Crippen LogP contribution in [0.15, 0.2) is 36.7 Å². The van der Waals surface area contributed by atoms with Gasteiger partial charge in [0.05, 0.1) is 13.4 Å². The van der Waals surface area contributed by atoms with E-state index >= 15 is 0 Å². The van der Waals surface area contributed by atoms with Crippen LogP contribution in [-0.4, -0.2) is 37.4 Å². The fourth-order valence-corrected chi connectivity index (χ4v) is 1.92. The van der Waals surface area contributed by atoms with Crippen molar-refractivity contribution in [2.45, 2.75) is 38.8 Å². The molecule has 1 unspecified atom stereocenters. The molecule has 0 aromatic heterocycles. The lowest BCUT2D eigenvalue weighted by Gasteiger charge is -2.22. The summed E-state index contributed by atoms with van der Waals surface area (Å²) in [6.07, 6.45) is 1.20. The Morgan fingerprint density at radius 2 is 1.88 bits per heavy atom. The van der Waals surface area contributed by atoms with Crippen molar-refractivity contribution in [3.63, 3.8) is 0 Å². The molecule has 0 spiro atoms. The van der Waals surface area contributed by atoms with E-state index in [-0.39, 0.29) is 13.0 Å². The number of amides is 1. The predicted octanol–water partition coefficient (Wildman–Crippen LogP) is 3.16. The quantitative estimate of drug-likeness (QED) is 0.762. The summed E-state index contributed by atoms with van der Waals surface area (Å²) in [5.74, 6) is -0.00385. The van der Waals surface area contributed by atoms with Crippen LogP contribution in [0.5, 0.6) is 5.75 Å². The molecule has 25 heavy (non-hydrogen) atoms. The number of methoxy groups -OCH3 is 1. The molecule has 0 saturated heterocycles. The van der Waals surface area contributed by atoms with Gasteiger partial charge in [-0.05, 0) is 44.5 Å². The van der Waals surface area contributed by atoms with Crippen molar-refractivity contribution in [1.82, 2.24) is 5.32 Å². The molecule has 1 amide bonds. The molecule has 138 valence electrons. The minimum Gasteiger partial charge on any atom is -0.489 e. The van der Waals surface area contributed by atoms with Gasteiger partial charge in [-0.25, -0.2) is 14.0 Å². The summed E-state index contributed by atoms with van der Waals surface area (Å²) in [4.78, 5) is 23.8. The van der Waals surface area contributed by atoms with Crippen molar-refractivity contribution in [2.75, 3.05) is 13.7 Å². The third-order valence-corrected chi connectivity index (χ3v) is 2.98. The number of carbonyl (C=O) groups excluding carboxylic acids is 2. The minimum atomic E-state index is -0.874. The standard InChI is InChI=1S/C18H24FNO5/c1-18(2,3)25-17(22)20-15(16(21)23-4)12-13-6-8-14(9-7-13)24-11-5-10-19/h5-10,15H,11-12H2,1-4H3,(H,20,22)/b10-5+. The van der Waals surface area contributed by atoms with Gasteiger partial charge in [0.2, 0.25) is 0 Å². The summed E-state index contributed by atoms with van der Waals surface area (Å²) in [5.41, 5.74) is 0.123. The van der Waals surface area contributed by atoms with Crippen molar-refractivity contribution in [3.8, 4) is 5.75 Å². The van der Waals surface area contributed by atoms with E-state index in [0.717, 1.165) is 5.56 Å². The fourth-order valence-electron chi connectivity index (χ4n) is 1.92. The van der Waals surface area contributed by atoms with E-state index < -0.39 is 23.7 Å². The van der Waals surface area contributed by atoms with Gasteiger partial charge in [-0.1, -0.05) is 12.1 Å². The molecule has 1 aromatic carbocycles. The Bertz CT molecular complexity index is 592. The summed E-state index contributed by atoms with van der Waals surface area (Å²) in [7, 11) is 1.25. The number of halogens is 1.